The Bertz CT molecular complexity index is 625. The highest BCUT2D eigenvalue weighted by Gasteiger charge is 2.20. The van der Waals surface area contributed by atoms with Gasteiger partial charge in [0.25, 0.3) is 0 Å². The average molecular weight is 339 g/mol. The van der Waals surface area contributed by atoms with Crippen LogP contribution in [0.4, 0.5) is 5.69 Å². The van der Waals surface area contributed by atoms with Crippen LogP contribution in [0.3, 0.4) is 0 Å². The summed E-state index contributed by atoms with van der Waals surface area (Å²) in [5.74, 6) is 0.651. The summed E-state index contributed by atoms with van der Waals surface area (Å²) >= 11 is 0. The van der Waals surface area contributed by atoms with Crippen LogP contribution in [-0.2, 0) is 11.8 Å². The molecule has 2 rings (SSSR count). The fourth-order valence-corrected chi connectivity index (χ4v) is 2.14. The monoisotopic (exact) mass is 338 g/mol. The molecule has 0 spiro atoms. The molecule has 126 valence electrons. The lowest BCUT2D eigenvalue weighted by atomic mass is 10.1. The van der Waals surface area contributed by atoms with Gasteiger partial charge in [-0.1, -0.05) is 0 Å². The molecule has 2 aromatic rings. The quantitative estimate of drug-likeness (QED) is 0.849. The van der Waals surface area contributed by atoms with Crippen molar-refractivity contribution in [3.63, 3.8) is 0 Å². The lowest BCUT2D eigenvalue weighted by Gasteiger charge is -2.15. The van der Waals surface area contributed by atoms with Crippen LogP contribution in [0.2, 0.25) is 0 Å². The first-order chi connectivity index (χ1) is 10.5. The van der Waals surface area contributed by atoms with Crippen LogP contribution in [0.1, 0.15) is 25.5 Å². The number of nitrogens with one attached hydrogen (secondary N) is 2. The molecule has 0 fully saturated rings. The van der Waals surface area contributed by atoms with Gasteiger partial charge in [0.15, 0.2) is 0 Å². The predicted octanol–water partition coefficient (Wildman–Crippen LogP) is 2.53. The second kappa shape index (κ2) is 8.55. The standard InChI is InChI=1S/C16H22N4O2.ClH/c1-11(2)22-14-7-5-13(6-8-14)19-16(21)15(17-3)12-9-18-20(4)10-12;/h5-11,15,17H,1-4H3,(H,19,21);1H. The van der Waals surface area contributed by atoms with E-state index in [1.165, 1.54) is 0 Å². The molecule has 1 amide bonds. The van der Waals surface area contributed by atoms with Crippen LogP contribution in [0.15, 0.2) is 36.7 Å². The van der Waals surface area contributed by atoms with Crippen LogP contribution in [0.25, 0.3) is 0 Å². The van der Waals surface area contributed by atoms with E-state index in [-0.39, 0.29) is 24.4 Å². The summed E-state index contributed by atoms with van der Waals surface area (Å²) in [5, 5.41) is 9.98. The summed E-state index contributed by atoms with van der Waals surface area (Å²) in [6.45, 7) is 3.95. The number of aryl methyl sites for hydroxylation is 1. The first-order valence-corrected chi connectivity index (χ1v) is 7.23. The zero-order valence-electron chi connectivity index (χ0n) is 13.7. The van der Waals surface area contributed by atoms with Gasteiger partial charge in [0.1, 0.15) is 11.8 Å². The Labute approximate surface area is 142 Å². The third kappa shape index (κ3) is 5.26. The molecule has 0 bridgehead atoms. The summed E-state index contributed by atoms with van der Waals surface area (Å²) in [5.41, 5.74) is 1.55. The molecule has 1 aromatic carbocycles. The summed E-state index contributed by atoms with van der Waals surface area (Å²) in [6.07, 6.45) is 3.63. The first-order valence-electron chi connectivity index (χ1n) is 7.23. The molecule has 0 aliphatic carbocycles. The number of nitrogens with zero attached hydrogens (tertiary/aromatic N) is 2. The molecular weight excluding hydrogens is 316 g/mol. The number of benzene rings is 1. The fraction of sp³-hybridized carbons (Fsp3) is 0.375. The van der Waals surface area contributed by atoms with Crippen LogP contribution >= 0.6 is 12.4 Å². The molecule has 0 aliphatic rings. The maximum absolute atomic E-state index is 12.4. The van der Waals surface area contributed by atoms with Crippen molar-refractivity contribution in [1.82, 2.24) is 15.1 Å². The van der Waals surface area contributed by atoms with Gasteiger partial charge in [0, 0.05) is 24.5 Å². The Hall–Kier alpha value is -2.05. The summed E-state index contributed by atoms with van der Waals surface area (Å²) < 4.78 is 7.25. The molecule has 1 unspecified atom stereocenters. The summed E-state index contributed by atoms with van der Waals surface area (Å²) in [7, 11) is 3.57. The van der Waals surface area contributed by atoms with Crippen molar-refractivity contribution in [3.8, 4) is 5.75 Å². The minimum atomic E-state index is -0.444. The van der Waals surface area contributed by atoms with Gasteiger partial charge < -0.3 is 15.4 Å². The highest BCUT2D eigenvalue weighted by Crippen LogP contribution is 2.19. The fourth-order valence-electron chi connectivity index (χ4n) is 2.14. The van der Waals surface area contributed by atoms with Crippen molar-refractivity contribution < 1.29 is 9.53 Å². The molecule has 0 saturated heterocycles. The minimum absolute atomic E-state index is 0. The van der Waals surface area contributed by atoms with Gasteiger partial charge in [-0.25, -0.2) is 0 Å². The summed E-state index contributed by atoms with van der Waals surface area (Å²) in [6, 6.07) is 6.89. The van der Waals surface area contributed by atoms with Crippen molar-refractivity contribution in [3.05, 3.63) is 42.2 Å². The number of ether oxygens (including phenoxy) is 1. The van der Waals surface area contributed by atoms with Crippen molar-refractivity contribution >= 4 is 24.0 Å². The smallest absolute Gasteiger partial charge is 0.246 e. The normalized spacial score (nSPS) is 11.7. The molecule has 0 radical (unpaired) electrons. The number of likely N-dealkylation sites (N-methyl/N-ethyl adjacent to an activating group) is 1. The van der Waals surface area contributed by atoms with Gasteiger partial charge >= 0.3 is 0 Å². The molecular formula is C16H23ClN4O2. The summed E-state index contributed by atoms with van der Waals surface area (Å²) in [4.78, 5) is 12.4. The van der Waals surface area contributed by atoms with Gasteiger partial charge in [-0.15, -0.1) is 12.4 Å². The Morgan fingerprint density at radius 2 is 1.91 bits per heavy atom. The third-order valence-electron chi connectivity index (χ3n) is 3.10. The van der Waals surface area contributed by atoms with Crippen molar-refractivity contribution in [2.24, 2.45) is 7.05 Å². The van der Waals surface area contributed by atoms with E-state index in [0.717, 1.165) is 17.0 Å². The third-order valence-corrected chi connectivity index (χ3v) is 3.10. The molecule has 0 saturated carbocycles. The van der Waals surface area contributed by atoms with Crippen LogP contribution in [0.5, 0.6) is 5.75 Å². The van der Waals surface area contributed by atoms with Crippen LogP contribution in [0, 0.1) is 0 Å². The van der Waals surface area contributed by atoms with E-state index in [9.17, 15) is 4.79 Å². The minimum Gasteiger partial charge on any atom is -0.491 e. The van der Waals surface area contributed by atoms with Gasteiger partial charge in [-0.05, 0) is 45.2 Å². The predicted molar refractivity (Wildman–Crippen MR) is 93.1 cm³/mol. The van der Waals surface area contributed by atoms with Gasteiger partial charge in [-0.2, -0.15) is 5.10 Å². The number of carbonyl (C=O) groups excluding carboxylic acids is 1. The number of aromatic nitrogens is 2. The largest absolute Gasteiger partial charge is 0.491 e. The molecule has 7 heteroatoms. The molecule has 1 aromatic heterocycles. The second-order valence-electron chi connectivity index (χ2n) is 5.35. The van der Waals surface area contributed by atoms with Crippen molar-refractivity contribution in [1.29, 1.82) is 0 Å². The van der Waals surface area contributed by atoms with E-state index in [4.69, 9.17) is 4.74 Å². The lowest BCUT2D eigenvalue weighted by Crippen LogP contribution is -2.30. The Morgan fingerprint density at radius 3 is 2.39 bits per heavy atom. The Balaban J connectivity index is 0.00000264. The van der Waals surface area contributed by atoms with E-state index in [1.807, 2.05) is 51.4 Å². The zero-order valence-corrected chi connectivity index (χ0v) is 14.6. The van der Waals surface area contributed by atoms with E-state index >= 15 is 0 Å². The Morgan fingerprint density at radius 1 is 1.26 bits per heavy atom. The number of hydrogen-bond donors (Lipinski definition) is 2. The molecule has 0 aliphatic heterocycles. The number of halogens is 1. The number of rotatable bonds is 6. The number of anilines is 1. The van der Waals surface area contributed by atoms with E-state index in [2.05, 4.69) is 15.7 Å². The van der Waals surface area contributed by atoms with E-state index < -0.39 is 6.04 Å². The molecule has 2 N–H and O–H groups in total. The van der Waals surface area contributed by atoms with Gasteiger partial charge in [0.05, 0.1) is 12.3 Å². The van der Waals surface area contributed by atoms with Crippen molar-refractivity contribution in [2.75, 3.05) is 12.4 Å². The van der Waals surface area contributed by atoms with Gasteiger partial charge in [-0.3, -0.25) is 9.48 Å². The zero-order chi connectivity index (χ0) is 16.1. The first kappa shape index (κ1) is 19.0. The number of amides is 1. The Kier molecular flexibility index (Phi) is 7.06. The number of hydrogen-bond acceptors (Lipinski definition) is 4. The maximum atomic E-state index is 12.4. The molecule has 6 nitrogen and oxygen atoms in total. The van der Waals surface area contributed by atoms with Crippen molar-refractivity contribution in [2.45, 2.75) is 26.0 Å². The maximum Gasteiger partial charge on any atom is 0.246 e. The highest BCUT2D eigenvalue weighted by atomic mass is 35.5. The van der Waals surface area contributed by atoms with Crippen LogP contribution in [-0.4, -0.2) is 28.8 Å². The topological polar surface area (TPSA) is 68.2 Å². The molecule has 1 heterocycles. The lowest BCUT2D eigenvalue weighted by molar-refractivity contribution is -0.118. The molecule has 23 heavy (non-hydrogen) atoms. The number of carbonyl (C=O) groups is 1. The average Bonchev–Trinajstić information content (AvgIpc) is 2.87. The van der Waals surface area contributed by atoms with Crippen LogP contribution < -0.4 is 15.4 Å². The van der Waals surface area contributed by atoms with Gasteiger partial charge in [0.2, 0.25) is 5.91 Å². The molecule has 1 atom stereocenters. The van der Waals surface area contributed by atoms with E-state index in [0.29, 0.717) is 0 Å². The highest BCUT2D eigenvalue weighted by molar-refractivity contribution is 5.95. The second-order valence-corrected chi connectivity index (χ2v) is 5.35. The SMILES string of the molecule is CNC(C(=O)Nc1ccc(OC(C)C)cc1)c1cnn(C)c1.Cl. The van der Waals surface area contributed by atoms with E-state index in [1.54, 1.807) is 17.9 Å².